The molecule has 1 aliphatic rings. The standard InChI is InChI=1S/C17H20N2O3/c1-22-14-9-7-12(8-10-14)16(20)15(11-18)17(21)19-13-5-3-2-4-6-13/h7-10,13,15H,2-6H2,1H3,(H,19,21)/t15-/m0/s1. The average molecular weight is 300 g/mol. The zero-order chi connectivity index (χ0) is 15.9. The highest BCUT2D eigenvalue weighted by molar-refractivity contribution is 6.12. The van der Waals surface area contributed by atoms with Crippen LogP contribution in [-0.2, 0) is 4.79 Å². The van der Waals surface area contributed by atoms with Gasteiger partial charge >= 0.3 is 0 Å². The largest absolute Gasteiger partial charge is 0.497 e. The molecule has 1 aromatic rings. The molecule has 2 rings (SSSR count). The molecule has 5 heteroatoms. The third-order valence-electron chi connectivity index (χ3n) is 3.98. The van der Waals surface area contributed by atoms with Crippen LogP contribution in [-0.4, -0.2) is 24.8 Å². The van der Waals surface area contributed by atoms with Crippen molar-refractivity contribution >= 4 is 11.7 Å². The highest BCUT2D eigenvalue weighted by Crippen LogP contribution is 2.19. The molecule has 0 heterocycles. The summed E-state index contributed by atoms with van der Waals surface area (Å²) in [6, 6.07) is 8.33. The van der Waals surface area contributed by atoms with Crippen molar-refractivity contribution in [2.45, 2.75) is 38.1 Å². The summed E-state index contributed by atoms with van der Waals surface area (Å²) in [5.41, 5.74) is 0.339. The van der Waals surface area contributed by atoms with Crippen LogP contribution in [0.2, 0.25) is 0 Å². The number of rotatable bonds is 5. The molecule has 0 aromatic heterocycles. The Labute approximate surface area is 130 Å². The van der Waals surface area contributed by atoms with Gasteiger partial charge in [0.1, 0.15) is 5.75 Å². The summed E-state index contributed by atoms with van der Waals surface area (Å²) in [6.45, 7) is 0. The minimum atomic E-state index is -1.30. The number of methoxy groups -OCH3 is 1. The minimum absolute atomic E-state index is 0.0840. The zero-order valence-corrected chi connectivity index (χ0v) is 12.7. The molecule has 1 aliphatic carbocycles. The van der Waals surface area contributed by atoms with E-state index in [1.807, 2.05) is 6.07 Å². The first-order valence-electron chi connectivity index (χ1n) is 7.54. The number of carbonyl (C=O) groups is 2. The van der Waals surface area contributed by atoms with Crippen LogP contribution >= 0.6 is 0 Å². The van der Waals surface area contributed by atoms with Crippen molar-refractivity contribution in [2.75, 3.05) is 7.11 Å². The molecule has 1 N–H and O–H groups in total. The van der Waals surface area contributed by atoms with Gasteiger partial charge in [-0.1, -0.05) is 19.3 Å². The molecule has 1 fully saturated rings. The van der Waals surface area contributed by atoms with Crippen LogP contribution in [0.4, 0.5) is 0 Å². The maximum absolute atomic E-state index is 12.3. The molecule has 22 heavy (non-hydrogen) atoms. The minimum Gasteiger partial charge on any atom is -0.497 e. The van der Waals surface area contributed by atoms with Gasteiger partial charge in [0.05, 0.1) is 13.2 Å². The second-order valence-electron chi connectivity index (χ2n) is 5.50. The van der Waals surface area contributed by atoms with E-state index in [-0.39, 0.29) is 6.04 Å². The summed E-state index contributed by atoms with van der Waals surface area (Å²) in [6.07, 6.45) is 5.17. The quantitative estimate of drug-likeness (QED) is 0.669. The van der Waals surface area contributed by atoms with Crippen molar-refractivity contribution in [2.24, 2.45) is 5.92 Å². The first-order valence-corrected chi connectivity index (χ1v) is 7.54. The molecular formula is C17H20N2O3. The monoisotopic (exact) mass is 300 g/mol. The van der Waals surface area contributed by atoms with Crippen molar-refractivity contribution in [1.29, 1.82) is 5.26 Å². The summed E-state index contributed by atoms with van der Waals surface area (Å²) in [5.74, 6) is -1.64. The fourth-order valence-corrected chi connectivity index (χ4v) is 2.69. The second kappa shape index (κ2) is 7.60. The van der Waals surface area contributed by atoms with E-state index < -0.39 is 17.6 Å². The lowest BCUT2D eigenvalue weighted by atomic mass is 9.93. The first-order chi connectivity index (χ1) is 10.7. The Morgan fingerprint density at radius 2 is 1.86 bits per heavy atom. The summed E-state index contributed by atoms with van der Waals surface area (Å²) in [7, 11) is 1.53. The van der Waals surface area contributed by atoms with E-state index in [2.05, 4.69) is 5.32 Å². The van der Waals surface area contributed by atoms with Gasteiger partial charge in [-0.2, -0.15) is 5.26 Å². The lowest BCUT2D eigenvalue weighted by Crippen LogP contribution is -2.42. The van der Waals surface area contributed by atoms with E-state index in [1.54, 1.807) is 24.3 Å². The molecule has 1 amide bonds. The van der Waals surface area contributed by atoms with Gasteiger partial charge in [-0.05, 0) is 37.1 Å². The second-order valence-corrected chi connectivity index (χ2v) is 5.50. The van der Waals surface area contributed by atoms with Crippen molar-refractivity contribution < 1.29 is 14.3 Å². The number of hydrogen-bond acceptors (Lipinski definition) is 4. The number of Topliss-reactive ketones (excluding diaryl/α,β-unsaturated/α-hetero) is 1. The van der Waals surface area contributed by atoms with Crippen LogP contribution in [0.3, 0.4) is 0 Å². The Hall–Kier alpha value is -2.35. The van der Waals surface area contributed by atoms with E-state index >= 15 is 0 Å². The van der Waals surface area contributed by atoms with E-state index in [0.717, 1.165) is 25.7 Å². The number of benzene rings is 1. The molecule has 1 saturated carbocycles. The molecule has 5 nitrogen and oxygen atoms in total. The number of nitriles is 1. The molecular weight excluding hydrogens is 280 g/mol. The Balaban J connectivity index is 2.04. The van der Waals surface area contributed by atoms with Crippen LogP contribution < -0.4 is 10.1 Å². The fraction of sp³-hybridized carbons (Fsp3) is 0.471. The lowest BCUT2D eigenvalue weighted by Gasteiger charge is -2.23. The molecule has 1 atom stereocenters. The number of hydrogen-bond donors (Lipinski definition) is 1. The summed E-state index contributed by atoms with van der Waals surface area (Å²) in [4.78, 5) is 24.5. The fourth-order valence-electron chi connectivity index (χ4n) is 2.69. The Morgan fingerprint density at radius 1 is 1.23 bits per heavy atom. The Morgan fingerprint density at radius 3 is 2.41 bits per heavy atom. The smallest absolute Gasteiger partial charge is 0.245 e. The maximum Gasteiger partial charge on any atom is 0.245 e. The third-order valence-corrected chi connectivity index (χ3v) is 3.98. The number of ketones is 1. The molecule has 0 radical (unpaired) electrons. The van der Waals surface area contributed by atoms with Crippen LogP contribution in [0, 0.1) is 17.2 Å². The zero-order valence-electron chi connectivity index (χ0n) is 12.7. The molecule has 0 unspecified atom stereocenters. The van der Waals surface area contributed by atoms with Gasteiger partial charge in [-0.25, -0.2) is 0 Å². The van der Waals surface area contributed by atoms with Gasteiger partial charge in [0, 0.05) is 11.6 Å². The highest BCUT2D eigenvalue weighted by atomic mass is 16.5. The molecule has 1 aromatic carbocycles. The first kappa shape index (κ1) is 16.0. The number of carbonyl (C=O) groups excluding carboxylic acids is 2. The molecule has 0 bridgehead atoms. The predicted octanol–water partition coefficient (Wildman–Crippen LogP) is 2.47. The molecule has 0 saturated heterocycles. The third kappa shape index (κ3) is 3.85. The van der Waals surface area contributed by atoms with Crippen molar-refractivity contribution in [3.05, 3.63) is 29.8 Å². The van der Waals surface area contributed by atoms with Crippen LogP contribution in [0.25, 0.3) is 0 Å². The number of amides is 1. The lowest BCUT2D eigenvalue weighted by molar-refractivity contribution is -0.123. The van der Waals surface area contributed by atoms with Gasteiger partial charge in [-0.15, -0.1) is 0 Å². The summed E-state index contributed by atoms with van der Waals surface area (Å²) < 4.78 is 5.03. The van der Waals surface area contributed by atoms with Crippen LogP contribution in [0.15, 0.2) is 24.3 Å². The number of nitrogens with one attached hydrogen (secondary N) is 1. The van der Waals surface area contributed by atoms with Gasteiger partial charge in [-0.3, -0.25) is 9.59 Å². The van der Waals surface area contributed by atoms with Crippen molar-refractivity contribution in [1.82, 2.24) is 5.32 Å². The maximum atomic E-state index is 12.3. The number of nitrogens with zero attached hydrogens (tertiary/aromatic N) is 1. The van der Waals surface area contributed by atoms with E-state index in [0.29, 0.717) is 11.3 Å². The highest BCUT2D eigenvalue weighted by Gasteiger charge is 2.29. The van der Waals surface area contributed by atoms with E-state index in [1.165, 1.54) is 13.5 Å². The van der Waals surface area contributed by atoms with Gasteiger partial charge in [0.25, 0.3) is 0 Å². The predicted molar refractivity (Wildman–Crippen MR) is 81.4 cm³/mol. The molecule has 116 valence electrons. The average Bonchev–Trinajstić information content (AvgIpc) is 2.56. The van der Waals surface area contributed by atoms with Crippen LogP contribution in [0.1, 0.15) is 42.5 Å². The topological polar surface area (TPSA) is 79.2 Å². The van der Waals surface area contributed by atoms with E-state index in [4.69, 9.17) is 4.74 Å². The van der Waals surface area contributed by atoms with Crippen molar-refractivity contribution in [3.63, 3.8) is 0 Å². The van der Waals surface area contributed by atoms with Crippen molar-refractivity contribution in [3.8, 4) is 11.8 Å². The summed E-state index contributed by atoms with van der Waals surface area (Å²) >= 11 is 0. The molecule has 0 aliphatic heterocycles. The summed E-state index contributed by atoms with van der Waals surface area (Å²) in [5, 5.41) is 12.0. The Kier molecular flexibility index (Phi) is 5.54. The van der Waals surface area contributed by atoms with Gasteiger partial charge in [0.15, 0.2) is 11.7 Å². The molecule has 0 spiro atoms. The SMILES string of the molecule is COc1ccc(C(=O)[C@H](C#N)C(=O)NC2CCCCC2)cc1. The van der Waals surface area contributed by atoms with E-state index in [9.17, 15) is 14.9 Å². The normalized spacial score (nSPS) is 16.4. The number of ether oxygens (including phenoxy) is 1. The van der Waals surface area contributed by atoms with Gasteiger partial charge < -0.3 is 10.1 Å². The van der Waals surface area contributed by atoms with Crippen LogP contribution in [0.5, 0.6) is 5.75 Å². The Bertz CT molecular complexity index is 569. The van der Waals surface area contributed by atoms with Gasteiger partial charge in [0.2, 0.25) is 5.91 Å².